The van der Waals surface area contributed by atoms with E-state index in [0.29, 0.717) is 44.1 Å². The second kappa shape index (κ2) is 9.31. The lowest BCUT2D eigenvalue weighted by molar-refractivity contribution is 0.445. The van der Waals surface area contributed by atoms with Crippen LogP contribution in [0.3, 0.4) is 0 Å². The van der Waals surface area contributed by atoms with Crippen molar-refractivity contribution in [3.05, 3.63) is 53.1 Å². The van der Waals surface area contributed by atoms with Gasteiger partial charge in [0.25, 0.3) is 0 Å². The van der Waals surface area contributed by atoms with Gasteiger partial charge in [0.15, 0.2) is 5.65 Å². The molecule has 30 heavy (non-hydrogen) atoms. The SMILES string of the molecule is CCNc1ccc(S(=O)(=O)N(CC)CC)cc1NCCn1nc2ccccn2c1=O. The third-order valence-electron chi connectivity index (χ3n) is 4.83. The molecule has 1 aromatic carbocycles. The van der Waals surface area contributed by atoms with Gasteiger partial charge in [-0.25, -0.2) is 17.9 Å². The first-order valence-electron chi connectivity index (χ1n) is 10.1. The van der Waals surface area contributed by atoms with E-state index >= 15 is 0 Å². The van der Waals surface area contributed by atoms with Crippen molar-refractivity contribution in [1.29, 1.82) is 0 Å². The first-order valence-corrected chi connectivity index (χ1v) is 11.5. The normalized spacial score (nSPS) is 11.9. The lowest BCUT2D eigenvalue weighted by Gasteiger charge is -2.20. The molecule has 0 radical (unpaired) electrons. The maximum Gasteiger partial charge on any atom is 0.350 e. The molecule has 10 heteroatoms. The number of fused-ring (bicyclic) bond motifs is 1. The molecule has 0 unspecified atom stereocenters. The van der Waals surface area contributed by atoms with Gasteiger partial charge in [0.05, 0.1) is 22.8 Å². The average molecular weight is 433 g/mol. The van der Waals surface area contributed by atoms with Crippen LogP contribution in [0.4, 0.5) is 11.4 Å². The highest BCUT2D eigenvalue weighted by Crippen LogP contribution is 2.27. The van der Waals surface area contributed by atoms with E-state index in [9.17, 15) is 13.2 Å². The van der Waals surface area contributed by atoms with E-state index < -0.39 is 10.0 Å². The Morgan fingerprint density at radius 3 is 2.47 bits per heavy atom. The van der Waals surface area contributed by atoms with Gasteiger partial charge in [-0.3, -0.25) is 4.40 Å². The first-order chi connectivity index (χ1) is 14.4. The van der Waals surface area contributed by atoms with Gasteiger partial charge in [0.1, 0.15) is 0 Å². The molecule has 2 heterocycles. The van der Waals surface area contributed by atoms with Gasteiger partial charge >= 0.3 is 5.69 Å². The van der Waals surface area contributed by atoms with E-state index in [-0.39, 0.29) is 10.6 Å². The van der Waals surface area contributed by atoms with Crippen molar-refractivity contribution in [2.24, 2.45) is 0 Å². The van der Waals surface area contributed by atoms with Crippen LogP contribution in [0.2, 0.25) is 0 Å². The molecule has 9 nitrogen and oxygen atoms in total. The number of nitrogens with zero attached hydrogens (tertiary/aromatic N) is 4. The molecule has 0 fully saturated rings. The molecule has 0 bridgehead atoms. The fourth-order valence-electron chi connectivity index (χ4n) is 3.30. The Kier molecular flexibility index (Phi) is 6.78. The number of anilines is 2. The van der Waals surface area contributed by atoms with E-state index in [1.54, 1.807) is 36.5 Å². The minimum Gasteiger partial charge on any atom is -0.384 e. The Morgan fingerprint density at radius 1 is 1.03 bits per heavy atom. The smallest absolute Gasteiger partial charge is 0.350 e. The summed E-state index contributed by atoms with van der Waals surface area (Å²) < 4.78 is 30.1. The Hall–Kier alpha value is -2.85. The first kappa shape index (κ1) is 21.8. The molecule has 0 aliphatic rings. The zero-order chi connectivity index (χ0) is 21.7. The van der Waals surface area contributed by atoms with Crippen molar-refractivity contribution in [2.45, 2.75) is 32.2 Å². The van der Waals surface area contributed by atoms with Crippen LogP contribution in [0.25, 0.3) is 5.65 Å². The Bertz CT molecular complexity index is 1160. The topological polar surface area (TPSA) is 101 Å². The van der Waals surface area contributed by atoms with E-state index in [1.165, 1.54) is 13.4 Å². The highest BCUT2D eigenvalue weighted by molar-refractivity contribution is 7.89. The van der Waals surface area contributed by atoms with E-state index in [2.05, 4.69) is 15.7 Å². The van der Waals surface area contributed by atoms with Crippen LogP contribution in [0.5, 0.6) is 0 Å². The lowest BCUT2D eigenvalue weighted by Crippen LogP contribution is -2.30. The fourth-order valence-corrected chi connectivity index (χ4v) is 4.78. The minimum absolute atomic E-state index is 0.211. The predicted octanol–water partition coefficient (Wildman–Crippen LogP) is 2.07. The van der Waals surface area contributed by atoms with Crippen molar-refractivity contribution in [3.63, 3.8) is 0 Å². The molecular weight excluding hydrogens is 404 g/mol. The third kappa shape index (κ3) is 4.34. The molecule has 0 saturated carbocycles. The van der Waals surface area contributed by atoms with Gasteiger partial charge in [-0.1, -0.05) is 19.9 Å². The van der Waals surface area contributed by atoms with E-state index in [4.69, 9.17) is 0 Å². The second-order valence-electron chi connectivity index (χ2n) is 6.69. The zero-order valence-corrected chi connectivity index (χ0v) is 18.3. The van der Waals surface area contributed by atoms with Crippen molar-refractivity contribution >= 4 is 27.0 Å². The van der Waals surface area contributed by atoms with Gasteiger partial charge < -0.3 is 10.6 Å². The predicted molar refractivity (Wildman–Crippen MR) is 119 cm³/mol. The molecule has 0 amide bonds. The number of sulfonamides is 1. The molecule has 3 rings (SSSR count). The van der Waals surface area contributed by atoms with Gasteiger partial charge in [-0.05, 0) is 37.3 Å². The molecule has 2 N–H and O–H groups in total. The van der Waals surface area contributed by atoms with Crippen LogP contribution in [0.1, 0.15) is 20.8 Å². The molecule has 0 atom stereocenters. The Morgan fingerprint density at radius 2 is 1.80 bits per heavy atom. The zero-order valence-electron chi connectivity index (χ0n) is 17.5. The molecular formula is C20H28N6O3S. The summed E-state index contributed by atoms with van der Waals surface area (Å²) in [6, 6.07) is 10.4. The Labute approximate surface area is 176 Å². The highest BCUT2D eigenvalue weighted by Gasteiger charge is 2.22. The summed E-state index contributed by atoms with van der Waals surface area (Å²) in [5.41, 5.74) is 1.85. The molecule has 2 aromatic heterocycles. The van der Waals surface area contributed by atoms with Crippen molar-refractivity contribution in [2.75, 3.05) is 36.8 Å². The number of hydrogen-bond donors (Lipinski definition) is 2. The summed E-state index contributed by atoms with van der Waals surface area (Å²) in [7, 11) is -3.56. The average Bonchev–Trinajstić information content (AvgIpc) is 3.06. The quantitative estimate of drug-likeness (QED) is 0.509. The maximum atomic E-state index is 12.9. The van der Waals surface area contributed by atoms with Crippen LogP contribution >= 0.6 is 0 Å². The number of aromatic nitrogens is 3. The number of nitrogens with one attached hydrogen (secondary N) is 2. The summed E-state index contributed by atoms with van der Waals surface area (Å²) in [6.45, 7) is 7.89. The van der Waals surface area contributed by atoms with Gasteiger partial charge in [-0.2, -0.15) is 4.31 Å². The maximum absolute atomic E-state index is 12.9. The molecule has 0 aliphatic carbocycles. The summed E-state index contributed by atoms with van der Waals surface area (Å²) in [6.07, 6.45) is 1.68. The number of benzene rings is 1. The van der Waals surface area contributed by atoms with Crippen molar-refractivity contribution in [3.8, 4) is 0 Å². The van der Waals surface area contributed by atoms with Gasteiger partial charge in [-0.15, -0.1) is 5.10 Å². The lowest BCUT2D eigenvalue weighted by atomic mass is 10.2. The molecule has 0 saturated heterocycles. The molecule has 0 spiro atoms. The molecule has 162 valence electrons. The number of pyridine rings is 1. The van der Waals surface area contributed by atoms with Gasteiger partial charge in [0.2, 0.25) is 10.0 Å². The van der Waals surface area contributed by atoms with Crippen LogP contribution < -0.4 is 16.3 Å². The summed E-state index contributed by atoms with van der Waals surface area (Å²) >= 11 is 0. The molecule has 0 aliphatic heterocycles. The third-order valence-corrected chi connectivity index (χ3v) is 6.87. The number of rotatable bonds is 10. The van der Waals surface area contributed by atoms with E-state index in [0.717, 1.165) is 5.69 Å². The van der Waals surface area contributed by atoms with Crippen molar-refractivity contribution < 1.29 is 8.42 Å². The Balaban J connectivity index is 1.82. The largest absolute Gasteiger partial charge is 0.384 e. The van der Waals surface area contributed by atoms with E-state index in [1.807, 2.05) is 26.8 Å². The van der Waals surface area contributed by atoms with Crippen LogP contribution in [-0.2, 0) is 16.6 Å². The summed E-state index contributed by atoms with van der Waals surface area (Å²) in [4.78, 5) is 12.6. The standard InChI is InChI=1S/C20H28N6O3S/c1-4-21-17-11-10-16(30(28,29)24(5-2)6-3)15-18(17)22-12-14-26-20(27)25-13-8-7-9-19(25)23-26/h7-11,13,15,21-22H,4-6,12,14H2,1-3H3. The molecule has 3 aromatic rings. The highest BCUT2D eigenvalue weighted by atomic mass is 32.2. The number of hydrogen-bond acceptors (Lipinski definition) is 6. The summed E-state index contributed by atoms with van der Waals surface area (Å²) in [5.74, 6) is 0. The second-order valence-corrected chi connectivity index (χ2v) is 8.63. The van der Waals surface area contributed by atoms with Crippen LogP contribution in [0, 0.1) is 0 Å². The van der Waals surface area contributed by atoms with Gasteiger partial charge in [0, 0.05) is 32.4 Å². The fraction of sp³-hybridized carbons (Fsp3) is 0.400. The van der Waals surface area contributed by atoms with Crippen LogP contribution in [-0.4, -0.2) is 53.1 Å². The monoisotopic (exact) mass is 432 g/mol. The van der Waals surface area contributed by atoms with Crippen LogP contribution in [0.15, 0.2) is 52.3 Å². The summed E-state index contributed by atoms with van der Waals surface area (Å²) in [5, 5.41) is 10.8. The minimum atomic E-state index is -3.56. The van der Waals surface area contributed by atoms with Crippen molar-refractivity contribution in [1.82, 2.24) is 18.5 Å².